The molecule has 8 nitrogen and oxygen atoms in total. The number of furan rings is 1. The predicted octanol–water partition coefficient (Wildman–Crippen LogP) is 1.84. The Kier molecular flexibility index (Phi) is 4.25. The first-order chi connectivity index (χ1) is 14.5. The normalized spacial score (nSPS) is 28.6. The Morgan fingerprint density at radius 2 is 2.03 bits per heavy atom. The van der Waals surface area contributed by atoms with E-state index in [-0.39, 0.29) is 24.3 Å². The number of anilines is 2. The predicted molar refractivity (Wildman–Crippen MR) is 107 cm³/mol. The summed E-state index contributed by atoms with van der Waals surface area (Å²) in [6.45, 7) is 2.06. The maximum Gasteiger partial charge on any atom is 0.234 e. The molecule has 4 heterocycles. The molecule has 2 aromatic rings. The van der Waals surface area contributed by atoms with Gasteiger partial charge in [0.05, 0.1) is 37.3 Å². The van der Waals surface area contributed by atoms with Crippen LogP contribution < -0.4 is 15.5 Å². The topological polar surface area (TPSA) is 101 Å². The summed E-state index contributed by atoms with van der Waals surface area (Å²) in [6, 6.07) is 10.6. The number of fused-ring (bicyclic) bond motifs is 1. The summed E-state index contributed by atoms with van der Waals surface area (Å²) in [6.07, 6.45) is 4.95. The SMILES string of the molecule is CC(=O)Nc1ccc(N2C[C@@]34C=C[C@H](O3)C(C(=O)NCc3ccco3)C4C2=O)cc1. The summed E-state index contributed by atoms with van der Waals surface area (Å²) in [5.41, 5.74) is 0.571. The lowest BCUT2D eigenvalue weighted by Gasteiger charge is -2.23. The monoisotopic (exact) mass is 407 g/mol. The van der Waals surface area contributed by atoms with Crippen LogP contribution in [0.5, 0.6) is 0 Å². The molecule has 154 valence electrons. The molecule has 8 heteroatoms. The molecular weight excluding hydrogens is 386 g/mol. The molecule has 3 amide bonds. The maximum atomic E-state index is 13.3. The van der Waals surface area contributed by atoms with E-state index in [1.54, 1.807) is 47.6 Å². The number of nitrogens with one attached hydrogen (secondary N) is 2. The first kappa shape index (κ1) is 18.6. The Bertz CT molecular complexity index is 1030. The number of ether oxygens (including phenoxy) is 1. The van der Waals surface area contributed by atoms with E-state index in [1.165, 1.54) is 6.92 Å². The summed E-state index contributed by atoms with van der Waals surface area (Å²) in [7, 11) is 0. The van der Waals surface area contributed by atoms with E-state index >= 15 is 0 Å². The molecule has 0 saturated carbocycles. The number of carbonyl (C=O) groups is 3. The molecule has 5 rings (SSSR count). The van der Waals surface area contributed by atoms with E-state index in [0.717, 1.165) is 0 Å². The minimum absolute atomic E-state index is 0.132. The smallest absolute Gasteiger partial charge is 0.234 e. The molecule has 1 aromatic carbocycles. The Morgan fingerprint density at radius 1 is 1.23 bits per heavy atom. The van der Waals surface area contributed by atoms with Crippen molar-refractivity contribution >= 4 is 29.1 Å². The number of rotatable bonds is 5. The second kappa shape index (κ2) is 6.84. The number of benzene rings is 1. The quantitative estimate of drug-likeness (QED) is 0.737. The van der Waals surface area contributed by atoms with Gasteiger partial charge in [0.15, 0.2) is 0 Å². The molecular formula is C22H21N3O5. The fourth-order valence-corrected chi connectivity index (χ4v) is 4.65. The zero-order valence-corrected chi connectivity index (χ0v) is 16.3. The van der Waals surface area contributed by atoms with E-state index < -0.39 is 23.5 Å². The lowest BCUT2D eigenvalue weighted by molar-refractivity contribution is -0.132. The van der Waals surface area contributed by atoms with Crippen molar-refractivity contribution in [2.24, 2.45) is 11.8 Å². The van der Waals surface area contributed by atoms with E-state index in [9.17, 15) is 14.4 Å². The molecule has 4 atom stereocenters. The minimum Gasteiger partial charge on any atom is -0.467 e. The molecule has 2 bridgehead atoms. The molecule has 3 aliphatic heterocycles. The number of carbonyl (C=O) groups excluding carboxylic acids is 3. The lowest BCUT2D eigenvalue weighted by atomic mass is 9.77. The van der Waals surface area contributed by atoms with Gasteiger partial charge in [0.25, 0.3) is 0 Å². The first-order valence-corrected chi connectivity index (χ1v) is 9.83. The number of nitrogens with zero attached hydrogens (tertiary/aromatic N) is 1. The first-order valence-electron chi connectivity index (χ1n) is 9.83. The van der Waals surface area contributed by atoms with Crippen molar-refractivity contribution in [3.8, 4) is 0 Å². The third-order valence-corrected chi connectivity index (χ3v) is 5.92. The molecule has 0 aliphatic carbocycles. The van der Waals surface area contributed by atoms with E-state index in [2.05, 4.69) is 10.6 Å². The molecule has 1 spiro atoms. The van der Waals surface area contributed by atoms with Gasteiger partial charge in [0.1, 0.15) is 11.4 Å². The summed E-state index contributed by atoms with van der Waals surface area (Å²) in [5, 5.41) is 5.57. The molecule has 2 saturated heterocycles. The van der Waals surface area contributed by atoms with Gasteiger partial charge in [-0.15, -0.1) is 0 Å². The Balaban J connectivity index is 1.35. The molecule has 0 radical (unpaired) electrons. The fraction of sp³-hybridized carbons (Fsp3) is 0.318. The molecule has 3 aliphatic rings. The third kappa shape index (κ3) is 2.91. The Labute approximate surface area is 172 Å². The van der Waals surface area contributed by atoms with Gasteiger partial charge in [0.2, 0.25) is 17.7 Å². The number of hydrogen-bond donors (Lipinski definition) is 2. The van der Waals surface area contributed by atoms with Gasteiger partial charge in [0, 0.05) is 18.3 Å². The fourth-order valence-electron chi connectivity index (χ4n) is 4.65. The molecule has 2 N–H and O–H groups in total. The summed E-state index contributed by atoms with van der Waals surface area (Å²) < 4.78 is 11.4. The van der Waals surface area contributed by atoms with Crippen LogP contribution >= 0.6 is 0 Å². The minimum atomic E-state index is -0.787. The average molecular weight is 407 g/mol. The maximum absolute atomic E-state index is 13.3. The van der Waals surface area contributed by atoms with Crippen LogP contribution in [0.2, 0.25) is 0 Å². The van der Waals surface area contributed by atoms with Crippen molar-refractivity contribution < 1.29 is 23.5 Å². The second-order valence-electron chi connectivity index (χ2n) is 7.85. The van der Waals surface area contributed by atoms with Crippen LogP contribution in [-0.2, 0) is 25.7 Å². The lowest BCUT2D eigenvalue weighted by Crippen LogP contribution is -2.43. The van der Waals surface area contributed by atoms with Crippen LogP contribution in [0.4, 0.5) is 11.4 Å². The van der Waals surface area contributed by atoms with Gasteiger partial charge in [-0.25, -0.2) is 0 Å². The van der Waals surface area contributed by atoms with Gasteiger partial charge in [-0.1, -0.05) is 12.2 Å². The average Bonchev–Trinajstić information content (AvgIpc) is 3.48. The second-order valence-corrected chi connectivity index (χ2v) is 7.85. The molecule has 2 unspecified atom stereocenters. The Morgan fingerprint density at radius 3 is 2.73 bits per heavy atom. The standard InChI is InChI=1S/C22H21N3O5/c1-13(26)24-14-4-6-15(7-5-14)25-12-22-9-8-17(30-22)18(19(22)21(25)28)20(27)23-11-16-3-2-10-29-16/h2-10,17-19H,11-12H2,1H3,(H,23,27)(H,24,26)/t17-,18?,19?,22+/m0/s1. The highest BCUT2D eigenvalue weighted by Crippen LogP contribution is 2.52. The van der Waals surface area contributed by atoms with Crippen molar-refractivity contribution in [1.29, 1.82) is 0 Å². The van der Waals surface area contributed by atoms with E-state index in [0.29, 0.717) is 23.7 Å². The van der Waals surface area contributed by atoms with Crippen molar-refractivity contribution in [2.45, 2.75) is 25.2 Å². The van der Waals surface area contributed by atoms with Gasteiger partial charge in [-0.3, -0.25) is 14.4 Å². The molecule has 1 aromatic heterocycles. The van der Waals surface area contributed by atoms with Crippen LogP contribution in [0.25, 0.3) is 0 Å². The van der Waals surface area contributed by atoms with Gasteiger partial charge in [-0.2, -0.15) is 0 Å². The zero-order chi connectivity index (χ0) is 20.9. The van der Waals surface area contributed by atoms with Crippen molar-refractivity contribution in [1.82, 2.24) is 5.32 Å². The van der Waals surface area contributed by atoms with Crippen LogP contribution in [0, 0.1) is 11.8 Å². The summed E-state index contributed by atoms with van der Waals surface area (Å²) >= 11 is 0. The van der Waals surface area contributed by atoms with Crippen molar-refractivity contribution in [3.05, 3.63) is 60.6 Å². The van der Waals surface area contributed by atoms with Gasteiger partial charge < -0.3 is 24.7 Å². The van der Waals surface area contributed by atoms with E-state index in [4.69, 9.17) is 9.15 Å². The highest BCUT2D eigenvalue weighted by Gasteiger charge is 2.67. The summed E-state index contributed by atoms with van der Waals surface area (Å²) in [5.74, 6) is -1.01. The largest absolute Gasteiger partial charge is 0.467 e. The van der Waals surface area contributed by atoms with Gasteiger partial charge in [-0.05, 0) is 36.4 Å². The van der Waals surface area contributed by atoms with Crippen molar-refractivity contribution in [3.63, 3.8) is 0 Å². The molecule has 2 fully saturated rings. The highest BCUT2D eigenvalue weighted by molar-refractivity contribution is 6.03. The number of amides is 3. The highest BCUT2D eigenvalue weighted by atomic mass is 16.5. The van der Waals surface area contributed by atoms with E-state index in [1.807, 2.05) is 12.2 Å². The van der Waals surface area contributed by atoms with Crippen LogP contribution in [-0.4, -0.2) is 36.0 Å². The zero-order valence-electron chi connectivity index (χ0n) is 16.3. The third-order valence-electron chi connectivity index (χ3n) is 5.92. The number of hydrogen-bond acceptors (Lipinski definition) is 5. The van der Waals surface area contributed by atoms with Crippen LogP contribution in [0.15, 0.2) is 59.2 Å². The van der Waals surface area contributed by atoms with Crippen molar-refractivity contribution in [2.75, 3.05) is 16.8 Å². The van der Waals surface area contributed by atoms with Crippen LogP contribution in [0.3, 0.4) is 0 Å². The van der Waals surface area contributed by atoms with Gasteiger partial charge >= 0.3 is 0 Å². The summed E-state index contributed by atoms with van der Waals surface area (Å²) in [4.78, 5) is 39.1. The molecule has 30 heavy (non-hydrogen) atoms. The van der Waals surface area contributed by atoms with Crippen LogP contribution in [0.1, 0.15) is 12.7 Å². The Hall–Kier alpha value is -3.39.